The van der Waals surface area contributed by atoms with E-state index in [0.717, 1.165) is 10.6 Å². The Kier molecular flexibility index (Phi) is 2.76. The molecule has 0 amide bonds. The largest absolute Gasteiger partial charge is 0.374 e. The Morgan fingerprint density at radius 1 is 1.25 bits per heavy atom. The third-order valence-corrected chi connectivity index (χ3v) is 2.36. The lowest BCUT2D eigenvalue weighted by Gasteiger charge is -2.24. The molecule has 0 heterocycles. The first-order valence-corrected chi connectivity index (χ1v) is 4.26. The van der Waals surface area contributed by atoms with Crippen LogP contribution in [0, 0.1) is 0 Å². The summed E-state index contributed by atoms with van der Waals surface area (Å²) in [6.45, 7) is 3.99. The number of benzene rings is 1. The Morgan fingerprint density at radius 3 is 2.33 bits per heavy atom. The van der Waals surface area contributed by atoms with Gasteiger partial charge < -0.3 is 4.74 Å². The second kappa shape index (κ2) is 3.46. The molecule has 0 aromatic heterocycles. The summed E-state index contributed by atoms with van der Waals surface area (Å²) in [5, 5.41) is 0.754. The smallest absolute Gasteiger partial charge is 0.0885 e. The van der Waals surface area contributed by atoms with E-state index < -0.39 is 0 Å². The fourth-order valence-electron chi connectivity index (χ4n) is 1.06. The first kappa shape index (κ1) is 9.56. The first-order valence-electron chi connectivity index (χ1n) is 3.88. The highest BCUT2D eigenvalue weighted by atomic mass is 35.5. The standard InChI is InChI=1S/C10H13ClO/c1-10(2,12-3)8-6-4-5-7-9(8)11/h4-7H,1-3H3. The Balaban J connectivity index is 3.10. The average Bonchev–Trinajstić information content (AvgIpc) is 2.05. The molecule has 0 aliphatic carbocycles. The molecule has 0 radical (unpaired) electrons. The highest BCUT2D eigenvalue weighted by Gasteiger charge is 2.21. The van der Waals surface area contributed by atoms with Crippen LogP contribution < -0.4 is 0 Å². The van der Waals surface area contributed by atoms with E-state index >= 15 is 0 Å². The molecule has 1 nitrogen and oxygen atoms in total. The van der Waals surface area contributed by atoms with Crippen molar-refractivity contribution < 1.29 is 4.74 Å². The number of ether oxygens (including phenoxy) is 1. The fourth-order valence-corrected chi connectivity index (χ4v) is 1.42. The van der Waals surface area contributed by atoms with Crippen molar-refractivity contribution in [3.05, 3.63) is 34.9 Å². The van der Waals surface area contributed by atoms with E-state index in [0.29, 0.717) is 0 Å². The lowest BCUT2D eigenvalue weighted by molar-refractivity contribution is 0.0193. The molecule has 0 aliphatic rings. The van der Waals surface area contributed by atoms with Gasteiger partial charge in [-0.05, 0) is 19.9 Å². The maximum atomic E-state index is 6.01. The second-order valence-electron chi connectivity index (χ2n) is 3.19. The van der Waals surface area contributed by atoms with E-state index in [1.54, 1.807) is 7.11 Å². The molecule has 1 rings (SSSR count). The summed E-state index contributed by atoms with van der Waals surface area (Å²) in [7, 11) is 1.68. The van der Waals surface area contributed by atoms with Crippen LogP contribution in [0.5, 0.6) is 0 Å². The summed E-state index contributed by atoms with van der Waals surface area (Å²) >= 11 is 6.01. The Hall–Kier alpha value is -0.530. The normalized spacial score (nSPS) is 11.7. The minimum Gasteiger partial charge on any atom is -0.374 e. The molecule has 2 heteroatoms. The average molecular weight is 185 g/mol. The topological polar surface area (TPSA) is 9.23 Å². The third kappa shape index (κ3) is 1.79. The summed E-state index contributed by atoms with van der Waals surface area (Å²) < 4.78 is 5.32. The van der Waals surface area contributed by atoms with Crippen LogP contribution in [0.15, 0.2) is 24.3 Å². The number of halogens is 1. The van der Waals surface area contributed by atoms with E-state index in [1.165, 1.54) is 0 Å². The van der Waals surface area contributed by atoms with Crippen molar-refractivity contribution in [3.8, 4) is 0 Å². The SMILES string of the molecule is COC(C)(C)c1ccccc1Cl. The molecular weight excluding hydrogens is 172 g/mol. The summed E-state index contributed by atoms with van der Waals surface area (Å²) in [4.78, 5) is 0. The van der Waals surface area contributed by atoms with Gasteiger partial charge in [0.15, 0.2) is 0 Å². The zero-order valence-corrected chi connectivity index (χ0v) is 8.35. The van der Waals surface area contributed by atoms with Crippen LogP contribution in [0.1, 0.15) is 19.4 Å². The van der Waals surface area contributed by atoms with Gasteiger partial charge in [-0.2, -0.15) is 0 Å². The van der Waals surface area contributed by atoms with Gasteiger partial charge in [-0.3, -0.25) is 0 Å². The van der Waals surface area contributed by atoms with Crippen LogP contribution in [0.25, 0.3) is 0 Å². The Labute approximate surface area is 78.3 Å². The van der Waals surface area contributed by atoms with Gasteiger partial charge in [-0.1, -0.05) is 29.8 Å². The monoisotopic (exact) mass is 184 g/mol. The maximum absolute atomic E-state index is 6.01. The van der Waals surface area contributed by atoms with Crippen molar-refractivity contribution in [1.82, 2.24) is 0 Å². The predicted octanol–water partition coefficient (Wildman–Crippen LogP) is 3.22. The lowest BCUT2D eigenvalue weighted by atomic mass is 9.98. The highest BCUT2D eigenvalue weighted by molar-refractivity contribution is 6.31. The zero-order valence-electron chi connectivity index (χ0n) is 7.60. The highest BCUT2D eigenvalue weighted by Crippen LogP contribution is 2.29. The summed E-state index contributed by atoms with van der Waals surface area (Å²) in [5.41, 5.74) is 0.715. The van der Waals surface area contributed by atoms with Crippen LogP contribution in [0.4, 0.5) is 0 Å². The summed E-state index contributed by atoms with van der Waals surface area (Å²) in [6, 6.07) is 7.73. The quantitative estimate of drug-likeness (QED) is 0.686. The summed E-state index contributed by atoms with van der Waals surface area (Å²) in [5.74, 6) is 0. The third-order valence-electron chi connectivity index (χ3n) is 2.03. The molecule has 1 aromatic rings. The van der Waals surface area contributed by atoms with Crippen LogP contribution in [0.2, 0.25) is 5.02 Å². The molecule has 0 saturated carbocycles. The second-order valence-corrected chi connectivity index (χ2v) is 3.60. The van der Waals surface area contributed by atoms with E-state index in [9.17, 15) is 0 Å². The minimum absolute atomic E-state index is 0.307. The number of methoxy groups -OCH3 is 1. The van der Waals surface area contributed by atoms with Gasteiger partial charge in [-0.25, -0.2) is 0 Å². The van der Waals surface area contributed by atoms with Crippen LogP contribution in [0.3, 0.4) is 0 Å². The molecule has 0 saturated heterocycles. The minimum atomic E-state index is -0.307. The van der Waals surface area contributed by atoms with Crippen molar-refractivity contribution in [2.75, 3.05) is 7.11 Å². The molecule has 66 valence electrons. The summed E-state index contributed by atoms with van der Waals surface area (Å²) in [6.07, 6.45) is 0. The van der Waals surface area contributed by atoms with Crippen molar-refractivity contribution in [2.24, 2.45) is 0 Å². The van der Waals surface area contributed by atoms with Gasteiger partial charge in [0.05, 0.1) is 5.60 Å². The predicted molar refractivity (Wildman–Crippen MR) is 51.5 cm³/mol. The van der Waals surface area contributed by atoms with Gasteiger partial charge in [0, 0.05) is 17.7 Å². The lowest BCUT2D eigenvalue weighted by Crippen LogP contribution is -2.19. The molecule has 0 spiro atoms. The van der Waals surface area contributed by atoms with Gasteiger partial charge in [-0.15, -0.1) is 0 Å². The number of hydrogen-bond donors (Lipinski definition) is 0. The maximum Gasteiger partial charge on any atom is 0.0885 e. The van der Waals surface area contributed by atoms with Crippen LogP contribution in [-0.2, 0) is 10.3 Å². The van der Waals surface area contributed by atoms with E-state index in [2.05, 4.69) is 0 Å². The van der Waals surface area contributed by atoms with Crippen molar-refractivity contribution in [3.63, 3.8) is 0 Å². The molecule has 0 N–H and O–H groups in total. The first-order chi connectivity index (χ1) is 5.58. The van der Waals surface area contributed by atoms with Gasteiger partial charge >= 0.3 is 0 Å². The van der Waals surface area contributed by atoms with Gasteiger partial charge in [0.1, 0.15) is 0 Å². The molecule has 12 heavy (non-hydrogen) atoms. The van der Waals surface area contributed by atoms with E-state index in [4.69, 9.17) is 16.3 Å². The van der Waals surface area contributed by atoms with Crippen molar-refractivity contribution >= 4 is 11.6 Å². The van der Waals surface area contributed by atoms with Crippen molar-refractivity contribution in [2.45, 2.75) is 19.4 Å². The molecular formula is C10H13ClO. The molecule has 0 bridgehead atoms. The molecule has 0 aliphatic heterocycles. The number of rotatable bonds is 2. The molecule has 1 aromatic carbocycles. The fraction of sp³-hybridized carbons (Fsp3) is 0.400. The van der Waals surface area contributed by atoms with Gasteiger partial charge in [0.2, 0.25) is 0 Å². The molecule has 0 fully saturated rings. The van der Waals surface area contributed by atoms with Gasteiger partial charge in [0.25, 0.3) is 0 Å². The van der Waals surface area contributed by atoms with E-state index in [1.807, 2.05) is 38.1 Å². The number of hydrogen-bond acceptors (Lipinski definition) is 1. The van der Waals surface area contributed by atoms with E-state index in [-0.39, 0.29) is 5.60 Å². The Bertz CT molecular complexity index is 268. The molecule has 0 unspecified atom stereocenters. The van der Waals surface area contributed by atoms with Crippen molar-refractivity contribution in [1.29, 1.82) is 0 Å². The Morgan fingerprint density at radius 2 is 1.83 bits per heavy atom. The zero-order chi connectivity index (χ0) is 9.19. The molecule has 0 atom stereocenters. The van der Waals surface area contributed by atoms with Crippen LogP contribution in [-0.4, -0.2) is 7.11 Å². The van der Waals surface area contributed by atoms with Crippen LogP contribution >= 0.6 is 11.6 Å².